The van der Waals surface area contributed by atoms with Crippen molar-refractivity contribution in [2.45, 2.75) is 25.8 Å². The lowest BCUT2D eigenvalue weighted by molar-refractivity contribution is 0.833. The molecule has 3 rings (SSSR count). The minimum Gasteiger partial charge on any atom is -0.374 e. The van der Waals surface area contributed by atoms with Crippen molar-refractivity contribution in [1.29, 1.82) is 0 Å². The van der Waals surface area contributed by atoms with E-state index in [0.29, 0.717) is 0 Å². The van der Waals surface area contributed by atoms with Crippen LogP contribution in [0.3, 0.4) is 0 Å². The quantitative estimate of drug-likeness (QED) is 0.924. The molecule has 104 valence electrons. The summed E-state index contributed by atoms with van der Waals surface area (Å²) in [5.74, 6) is 1.06. The zero-order valence-corrected chi connectivity index (χ0v) is 11.8. The van der Waals surface area contributed by atoms with Crippen LogP contribution in [0.5, 0.6) is 0 Å². The van der Waals surface area contributed by atoms with Gasteiger partial charge in [-0.2, -0.15) is 0 Å². The molecule has 1 atom stereocenters. The van der Waals surface area contributed by atoms with Crippen molar-refractivity contribution in [3.05, 3.63) is 48.4 Å². The van der Waals surface area contributed by atoms with Crippen LogP contribution in [0.2, 0.25) is 0 Å². The maximum absolute atomic E-state index is 4.55. The molecule has 2 aromatic heterocycles. The van der Waals surface area contributed by atoms with E-state index in [1.165, 1.54) is 12.8 Å². The van der Waals surface area contributed by atoms with Gasteiger partial charge in [-0.1, -0.05) is 6.07 Å². The second-order valence-corrected chi connectivity index (χ2v) is 5.19. The molecule has 0 aromatic carbocycles. The number of hydrogen-bond acceptors (Lipinski definition) is 4. The van der Waals surface area contributed by atoms with Crippen molar-refractivity contribution in [2.75, 3.05) is 23.3 Å². The van der Waals surface area contributed by atoms with Crippen molar-refractivity contribution in [3.8, 4) is 0 Å². The van der Waals surface area contributed by atoms with Crippen LogP contribution in [0, 0.1) is 0 Å². The molecule has 1 unspecified atom stereocenters. The Hall–Kier alpha value is -2.10. The molecule has 20 heavy (non-hydrogen) atoms. The van der Waals surface area contributed by atoms with Gasteiger partial charge in [0.05, 0.1) is 17.4 Å². The standard InChI is InChI=1S/C16H20N4/c1-13(14-7-2-3-9-17-14)19-15-8-6-10-18-16(15)20-11-4-5-12-20/h2-3,6-10,13,19H,4-5,11-12H2,1H3. The second kappa shape index (κ2) is 5.90. The smallest absolute Gasteiger partial charge is 0.151 e. The van der Waals surface area contributed by atoms with Crippen LogP contribution in [-0.2, 0) is 0 Å². The average Bonchev–Trinajstić information content (AvgIpc) is 3.03. The molecule has 0 amide bonds. The molecule has 4 heteroatoms. The molecule has 0 radical (unpaired) electrons. The van der Waals surface area contributed by atoms with E-state index in [2.05, 4.69) is 33.2 Å². The van der Waals surface area contributed by atoms with Gasteiger partial charge in [0.2, 0.25) is 0 Å². The molecule has 1 aliphatic heterocycles. The average molecular weight is 268 g/mol. The van der Waals surface area contributed by atoms with E-state index < -0.39 is 0 Å². The first-order chi connectivity index (χ1) is 9.84. The minimum absolute atomic E-state index is 0.168. The van der Waals surface area contributed by atoms with Crippen molar-refractivity contribution in [3.63, 3.8) is 0 Å². The van der Waals surface area contributed by atoms with Gasteiger partial charge in [0.15, 0.2) is 5.82 Å². The highest BCUT2D eigenvalue weighted by Crippen LogP contribution is 2.28. The fourth-order valence-corrected chi connectivity index (χ4v) is 2.63. The highest BCUT2D eigenvalue weighted by atomic mass is 15.2. The van der Waals surface area contributed by atoms with E-state index in [1.54, 1.807) is 0 Å². The van der Waals surface area contributed by atoms with Crippen LogP contribution in [0.25, 0.3) is 0 Å². The van der Waals surface area contributed by atoms with Gasteiger partial charge in [-0.05, 0) is 44.0 Å². The summed E-state index contributed by atoms with van der Waals surface area (Å²) in [5.41, 5.74) is 2.14. The van der Waals surface area contributed by atoms with E-state index in [0.717, 1.165) is 30.3 Å². The fraction of sp³-hybridized carbons (Fsp3) is 0.375. The molecular formula is C16H20N4. The zero-order chi connectivity index (χ0) is 13.8. The number of rotatable bonds is 4. The van der Waals surface area contributed by atoms with Crippen molar-refractivity contribution in [1.82, 2.24) is 9.97 Å². The third-order valence-corrected chi connectivity index (χ3v) is 3.70. The lowest BCUT2D eigenvalue weighted by Crippen LogP contribution is -2.21. The second-order valence-electron chi connectivity index (χ2n) is 5.19. The molecule has 1 fully saturated rings. The lowest BCUT2D eigenvalue weighted by atomic mass is 10.2. The minimum atomic E-state index is 0.168. The largest absolute Gasteiger partial charge is 0.374 e. The van der Waals surface area contributed by atoms with Gasteiger partial charge in [0.1, 0.15) is 0 Å². The molecule has 1 saturated heterocycles. The predicted octanol–water partition coefficient (Wildman–Crippen LogP) is 3.25. The molecule has 0 saturated carbocycles. The van der Waals surface area contributed by atoms with Gasteiger partial charge in [0.25, 0.3) is 0 Å². The maximum atomic E-state index is 4.55. The van der Waals surface area contributed by atoms with E-state index in [4.69, 9.17) is 0 Å². The monoisotopic (exact) mass is 268 g/mol. The first kappa shape index (κ1) is 12.9. The van der Waals surface area contributed by atoms with Gasteiger partial charge in [0, 0.05) is 25.5 Å². The summed E-state index contributed by atoms with van der Waals surface area (Å²) in [6.07, 6.45) is 6.21. The van der Waals surface area contributed by atoms with Crippen LogP contribution < -0.4 is 10.2 Å². The fourth-order valence-electron chi connectivity index (χ4n) is 2.63. The number of nitrogens with one attached hydrogen (secondary N) is 1. The molecule has 1 aliphatic rings. The van der Waals surface area contributed by atoms with Gasteiger partial charge in [-0.3, -0.25) is 4.98 Å². The first-order valence-electron chi connectivity index (χ1n) is 7.22. The maximum Gasteiger partial charge on any atom is 0.151 e. The number of pyridine rings is 2. The lowest BCUT2D eigenvalue weighted by Gasteiger charge is -2.22. The Morgan fingerprint density at radius 2 is 1.85 bits per heavy atom. The number of anilines is 2. The summed E-state index contributed by atoms with van der Waals surface area (Å²) in [6.45, 7) is 4.33. The topological polar surface area (TPSA) is 41.1 Å². The Labute approximate surface area is 119 Å². The molecular weight excluding hydrogens is 248 g/mol. The summed E-state index contributed by atoms with van der Waals surface area (Å²) < 4.78 is 0. The Balaban J connectivity index is 1.80. The van der Waals surface area contributed by atoms with Crippen molar-refractivity contribution >= 4 is 11.5 Å². The highest BCUT2D eigenvalue weighted by Gasteiger charge is 2.18. The number of nitrogens with zero attached hydrogens (tertiary/aromatic N) is 3. The van der Waals surface area contributed by atoms with E-state index in [9.17, 15) is 0 Å². The van der Waals surface area contributed by atoms with Crippen LogP contribution in [0.15, 0.2) is 42.7 Å². The zero-order valence-electron chi connectivity index (χ0n) is 11.8. The summed E-state index contributed by atoms with van der Waals surface area (Å²) in [5, 5.41) is 3.54. The summed E-state index contributed by atoms with van der Waals surface area (Å²) in [6, 6.07) is 10.2. The molecule has 2 aromatic rings. The van der Waals surface area contributed by atoms with Crippen LogP contribution in [0.4, 0.5) is 11.5 Å². The van der Waals surface area contributed by atoms with Crippen molar-refractivity contribution in [2.24, 2.45) is 0 Å². The first-order valence-corrected chi connectivity index (χ1v) is 7.22. The summed E-state index contributed by atoms with van der Waals surface area (Å²) in [7, 11) is 0. The molecule has 0 aliphatic carbocycles. The van der Waals surface area contributed by atoms with E-state index in [1.807, 2.05) is 36.7 Å². The summed E-state index contributed by atoms with van der Waals surface area (Å²) in [4.78, 5) is 11.3. The third-order valence-electron chi connectivity index (χ3n) is 3.70. The van der Waals surface area contributed by atoms with Gasteiger partial charge in [-0.25, -0.2) is 4.98 Å². The number of hydrogen-bond donors (Lipinski definition) is 1. The van der Waals surface area contributed by atoms with Gasteiger partial charge in [-0.15, -0.1) is 0 Å². The molecule has 3 heterocycles. The third kappa shape index (κ3) is 2.74. The Morgan fingerprint density at radius 1 is 1.05 bits per heavy atom. The SMILES string of the molecule is CC(Nc1cccnc1N1CCCC1)c1ccccn1. The van der Waals surface area contributed by atoms with E-state index >= 15 is 0 Å². The van der Waals surface area contributed by atoms with Crippen LogP contribution in [0.1, 0.15) is 31.5 Å². The molecule has 0 bridgehead atoms. The van der Waals surface area contributed by atoms with Gasteiger partial charge >= 0.3 is 0 Å². The van der Waals surface area contributed by atoms with E-state index in [-0.39, 0.29) is 6.04 Å². The Bertz CT molecular complexity index is 549. The highest BCUT2D eigenvalue weighted by molar-refractivity contribution is 5.66. The van der Waals surface area contributed by atoms with Crippen molar-refractivity contribution < 1.29 is 0 Å². The van der Waals surface area contributed by atoms with Crippen LogP contribution >= 0.6 is 0 Å². The summed E-state index contributed by atoms with van der Waals surface area (Å²) >= 11 is 0. The Morgan fingerprint density at radius 3 is 2.60 bits per heavy atom. The molecule has 0 spiro atoms. The number of aromatic nitrogens is 2. The molecule has 1 N–H and O–H groups in total. The Kier molecular flexibility index (Phi) is 3.81. The van der Waals surface area contributed by atoms with Gasteiger partial charge < -0.3 is 10.2 Å². The predicted molar refractivity (Wildman–Crippen MR) is 82.0 cm³/mol. The molecule has 4 nitrogen and oxygen atoms in total. The van der Waals surface area contributed by atoms with Crippen LogP contribution in [-0.4, -0.2) is 23.1 Å². The normalized spacial score (nSPS) is 16.1.